The monoisotopic (exact) mass is 465 g/mol. The van der Waals surface area contributed by atoms with E-state index in [1.165, 1.54) is 109 Å². The van der Waals surface area contributed by atoms with E-state index in [1.807, 2.05) is 0 Å². The van der Waals surface area contributed by atoms with Crippen molar-refractivity contribution < 1.29 is 9.05 Å². The lowest BCUT2D eigenvalue weighted by molar-refractivity contribution is 0.187. The summed E-state index contributed by atoms with van der Waals surface area (Å²) in [5, 5.41) is 0. The fraction of sp³-hybridized carbons (Fsp3) is 1.00. The number of hydrogen-bond donors (Lipinski definition) is 0. The number of rotatable bonds is 23. The summed E-state index contributed by atoms with van der Waals surface area (Å²) in [5.74, 6) is 0. The van der Waals surface area contributed by atoms with Crippen LogP contribution in [-0.4, -0.2) is 12.7 Å². The largest absolute Gasteiger partial charge is 0.691 e. The van der Waals surface area contributed by atoms with Crippen molar-refractivity contribution in [1.82, 2.24) is 0 Å². The van der Waals surface area contributed by atoms with E-state index in [9.17, 15) is 0 Å². The van der Waals surface area contributed by atoms with E-state index in [-0.39, 0.29) is 6.10 Å². The van der Waals surface area contributed by atoms with E-state index in [0.29, 0.717) is 6.61 Å². The first kappa shape index (κ1) is 29.9. The van der Waals surface area contributed by atoms with Gasteiger partial charge in [0.15, 0.2) is 0 Å². The van der Waals surface area contributed by atoms with Gasteiger partial charge in [0.25, 0.3) is 0 Å². The van der Waals surface area contributed by atoms with Crippen molar-refractivity contribution in [2.24, 2.45) is 0 Å². The fourth-order valence-corrected chi connectivity index (χ4v) is 5.92. The molecule has 0 rings (SSSR count). The molecular weight excluding hydrogens is 415 g/mol. The van der Waals surface area contributed by atoms with Crippen LogP contribution in [0.15, 0.2) is 0 Å². The fourth-order valence-electron chi connectivity index (χ4n) is 3.64. The third kappa shape index (κ3) is 23.4. The van der Waals surface area contributed by atoms with Crippen LogP contribution in [0.2, 0.25) is 0 Å². The Morgan fingerprint density at radius 3 is 1.48 bits per heavy atom. The first-order valence-corrected chi connectivity index (χ1v) is 16.3. The highest BCUT2D eigenvalue weighted by Gasteiger charge is 2.09. The molecule has 0 aliphatic carbocycles. The summed E-state index contributed by atoms with van der Waals surface area (Å²) in [5.41, 5.74) is -2.48. The minimum absolute atomic E-state index is 0.131. The highest BCUT2D eigenvalue weighted by atomic mass is 32.9. The van der Waals surface area contributed by atoms with Crippen molar-refractivity contribution in [2.45, 2.75) is 149 Å². The van der Waals surface area contributed by atoms with Gasteiger partial charge in [0.2, 0.25) is 0 Å². The molecule has 0 fully saturated rings. The highest BCUT2D eigenvalue weighted by Crippen LogP contribution is 2.47. The molecule has 0 saturated heterocycles. The lowest BCUT2D eigenvalue weighted by Gasteiger charge is -2.31. The lowest BCUT2D eigenvalue weighted by atomic mass is 10.1. The summed E-state index contributed by atoms with van der Waals surface area (Å²) in [7, 11) is 0. The van der Waals surface area contributed by atoms with Gasteiger partial charge in [-0.2, -0.15) is 0 Å². The van der Waals surface area contributed by atoms with Crippen LogP contribution >= 0.6 is 5.69 Å². The molecule has 0 N–H and O–H groups in total. The van der Waals surface area contributed by atoms with Gasteiger partial charge in [-0.1, -0.05) is 135 Å². The molecule has 2 nitrogen and oxygen atoms in total. The molecule has 0 aliphatic rings. The Kier molecular flexibility index (Phi) is 22.8. The Hall–Kier alpha value is 0.920. The number of hydrogen-bond acceptors (Lipinski definition) is 4. The molecule has 0 radical (unpaired) electrons. The summed E-state index contributed by atoms with van der Waals surface area (Å²) in [6.07, 6.45) is 25.1. The van der Waals surface area contributed by atoms with Crippen molar-refractivity contribution in [2.75, 3.05) is 6.61 Å². The quantitative estimate of drug-likeness (QED) is 0.0848. The first-order valence-electron chi connectivity index (χ1n) is 12.7. The second-order valence-corrected chi connectivity index (χ2v) is 13.6. The van der Waals surface area contributed by atoms with Gasteiger partial charge in [0.1, 0.15) is 0 Å². The van der Waals surface area contributed by atoms with Gasteiger partial charge in [0, 0.05) is 0 Å². The van der Waals surface area contributed by atoms with Crippen LogP contribution < -0.4 is 0 Å². The first-order chi connectivity index (χ1) is 14.0. The van der Waals surface area contributed by atoms with Gasteiger partial charge in [-0.25, -0.2) is 0 Å². The smallest absolute Gasteiger partial charge is 0.0603 e. The van der Waals surface area contributed by atoms with E-state index in [2.05, 4.69) is 20.8 Å². The van der Waals surface area contributed by atoms with Crippen LogP contribution in [0.25, 0.3) is 0 Å². The highest BCUT2D eigenvalue weighted by molar-refractivity contribution is 8.51. The molecule has 5 heteroatoms. The molecule has 0 aliphatic heterocycles. The molecular formula is C24H50O2PS2-. The SMILES string of the molecule is CCCCCCCCCCCCOP(=S)([S-])OC(C)CCCCCCCCCC. The third-order valence-electron chi connectivity index (χ3n) is 5.52. The van der Waals surface area contributed by atoms with Gasteiger partial charge in [0.05, 0.1) is 18.4 Å². The topological polar surface area (TPSA) is 18.5 Å². The van der Waals surface area contributed by atoms with Crippen LogP contribution in [-0.2, 0) is 33.1 Å². The average molecular weight is 466 g/mol. The van der Waals surface area contributed by atoms with Crippen LogP contribution in [0.3, 0.4) is 0 Å². The molecule has 176 valence electrons. The van der Waals surface area contributed by atoms with E-state index < -0.39 is 5.69 Å². The molecule has 0 heterocycles. The maximum Gasteiger partial charge on any atom is 0.0603 e. The van der Waals surface area contributed by atoms with E-state index in [0.717, 1.165) is 12.8 Å². The molecule has 29 heavy (non-hydrogen) atoms. The van der Waals surface area contributed by atoms with Crippen LogP contribution in [0.5, 0.6) is 0 Å². The standard InChI is InChI=1S/C24H51O2PS2/c1-4-6-8-10-12-14-15-17-19-21-23-25-27(28,29)26-24(3)22-20-18-16-13-11-9-7-5-2/h24H,4-23H2,1-3H3,(H,28,29)/p-1. The Bertz CT molecular complexity index is 380. The zero-order chi connectivity index (χ0) is 21.6. The van der Waals surface area contributed by atoms with Crippen molar-refractivity contribution in [3.8, 4) is 0 Å². The predicted octanol–water partition coefficient (Wildman–Crippen LogP) is 9.63. The number of unbranched alkanes of at least 4 members (excludes halogenated alkanes) is 16. The van der Waals surface area contributed by atoms with Crippen molar-refractivity contribution in [3.05, 3.63) is 0 Å². The third-order valence-corrected chi connectivity index (χ3v) is 7.79. The van der Waals surface area contributed by atoms with Crippen molar-refractivity contribution >= 4 is 29.7 Å². The molecule has 0 bridgehead atoms. The Morgan fingerprint density at radius 1 is 0.655 bits per heavy atom. The molecule has 0 aromatic heterocycles. The Labute approximate surface area is 194 Å². The second-order valence-electron chi connectivity index (χ2n) is 8.64. The van der Waals surface area contributed by atoms with Gasteiger partial charge in [-0.15, -0.1) is 0 Å². The van der Waals surface area contributed by atoms with Gasteiger partial charge >= 0.3 is 0 Å². The lowest BCUT2D eigenvalue weighted by Crippen LogP contribution is -2.07. The molecule has 2 unspecified atom stereocenters. The Balaban J connectivity index is 3.49. The molecule has 0 saturated carbocycles. The normalized spacial score (nSPS) is 14.8. The van der Waals surface area contributed by atoms with Gasteiger partial charge in [-0.3, -0.25) is 0 Å². The van der Waals surface area contributed by atoms with E-state index in [4.69, 9.17) is 33.1 Å². The minimum atomic E-state index is -2.48. The predicted molar refractivity (Wildman–Crippen MR) is 137 cm³/mol. The minimum Gasteiger partial charge on any atom is -0.691 e. The van der Waals surface area contributed by atoms with Gasteiger partial charge in [-0.05, 0) is 19.8 Å². The molecule has 0 amide bonds. The summed E-state index contributed by atoms with van der Waals surface area (Å²) in [6.45, 7) is 7.30. The maximum atomic E-state index is 5.91. The summed E-state index contributed by atoms with van der Waals surface area (Å²) >= 11 is 10.9. The molecule has 0 aromatic rings. The second kappa shape index (κ2) is 22.1. The molecule has 2 atom stereocenters. The molecule has 0 spiro atoms. The van der Waals surface area contributed by atoms with Crippen LogP contribution in [0.1, 0.15) is 143 Å². The van der Waals surface area contributed by atoms with Crippen LogP contribution in [0, 0.1) is 0 Å². The molecule has 0 aromatic carbocycles. The van der Waals surface area contributed by atoms with E-state index in [1.54, 1.807) is 0 Å². The van der Waals surface area contributed by atoms with Crippen molar-refractivity contribution in [3.63, 3.8) is 0 Å². The summed E-state index contributed by atoms with van der Waals surface area (Å²) in [6, 6.07) is 0. The summed E-state index contributed by atoms with van der Waals surface area (Å²) in [4.78, 5) is 0. The van der Waals surface area contributed by atoms with E-state index >= 15 is 0 Å². The summed E-state index contributed by atoms with van der Waals surface area (Å²) < 4.78 is 11.7. The zero-order valence-corrected chi connectivity index (χ0v) is 22.3. The average Bonchev–Trinajstić information content (AvgIpc) is 2.67. The maximum absolute atomic E-state index is 5.91. The van der Waals surface area contributed by atoms with Crippen molar-refractivity contribution in [1.29, 1.82) is 0 Å². The Morgan fingerprint density at radius 2 is 1.03 bits per heavy atom. The van der Waals surface area contributed by atoms with Crippen LogP contribution in [0.4, 0.5) is 0 Å². The van der Waals surface area contributed by atoms with Gasteiger partial charge < -0.3 is 21.3 Å². The zero-order valence-electron chi connectivity index (χ0n) is 19.8.